The number of benzene rings is 1. The highest BCUT2D eigenvalue weighted by Gasteiger charge is 2.60. The molecule has 6 rings (SSSR count). The molecule has 0 radical (unpaired) electrons. The fourth-order valence-electron chi connectivity index (χ4n) is 5.80. The normalized spacial score (nSPS) is 15.9. The summed E-state index contributed by atoms with van der Waals surface area (Å²) in [6.07, 6.45) is 3.64. The van der Waals surface area contributed by atoms with Crippen LogP contribution in [-0.2, 0) is 11.2 Å². The summed E-state index contributed by atoms with van der Waals surface area (Å²) < 4.78 is 7.50. The Labute approximate surface area is 248 Å². The van der Waals surface area contributed by atoms with Gasteiger partial charge < -0.3 is 9.72 Å². The second-order valence-corrected chi connectivity index (χ2v) is 11.0. The van der Waals surface area contributed by atoms with E-state index in [-0.39, 0.29) is 17.3 Å². The summed E-state index contributed by atoms with van der Waals surface area (Å²) in [7, 11) is 0. The Bertz CT molecular complexity index is 1870. The number of thiocarbonyl (C=S) groups is 1. The number of anilines is 2. The number of hydrogen-bond donors (Lipinski definition) is 1. The lowest BCUT2D eigenvalue weighted by atomic mass is 9.75. The van der Waals surface area contributed by atoms with Gasteiger partial charge in [0.15, 0.2) is 27.8 Å². The number of fused-ring (bicyclic) bond motifs is 1. The van der Waals surface area contributed by atoms with Gasteiger partial charge in [-0.1, -0.05) is 13.0 Å². The monoisotopic (exact) mass is 582 g/mol. The Morgan fingerprint density at radius 2 is 1.93 bits per heavy atom. The van der Waals surface area contributed by atoms with Crippen molar-refractivity contribution in [3.63, 3.8) is 0 Å². The Morgan fingerprint density at radius 3 is 2.57 bits per heavy atom. The van der Waals surface area contributed by atoms with Crippen molar-refractivity contribution >= 4 is 45.9 Å². The molecule has 1 amide bonds. The summed E-state index contributed by atoms with van der Waals surface area (Å²) >= 11 is 5.95. The van der Waals surface area contributed by atoms with E-state index in [9.17, 15) is 9.59 Å². The lowest BCUT2D eigenvalue weighted by molar-refractivity contribution is -0.123. The van der Waals surface area contributed by atoms with E-state index in [1.165, 1.54) is 0 Å². The van der Waals surface area contributed by atoms with Crippen LogP contribution in [0, 0.1) is 20.4 Å². The average molecular weight is 583 g/mol. The van der Waals surface area contributed by atoms with Crippen molar-refractivity contribution in [3.8, 4) is 17.3 Å². The first kappa shape index (κ1) is 27.5. The number of rotatable bonds is 7. The molecule has 2 aliphatic rings. The third-order valence-corrected chi connectivity index (χ3v) is 8.33. The molecule has 3 aromatic heterocycles. The maximum atomic E-state index is 14.0. The summed E-state index contributed by atoms with van der Waals surface area (Å²) in [6.45, 7) is 15.3. The van der Waals surface area contributed by atoms with Crippen molar-refractivity contribution in [1.29, 1.82) is 0 Å². The first-order chi connectivity index (χ1) is 20.2. The Kier molecular flexibility index (Phi) is 6.77. The zero-order valence-corrected chi connectivity index (χ0v) is 24.7. The number of H-pyrrole nitrogens is 1. The van der Waals surface area contributed by atoms with E-state index < -0.39 is 5.54 Å². The molecular formula is C30H30N8O3S. The SMILES string of the molecule is [C-]#[N+]c1ccc(N2C(=O)C3(CCC3)N(c3ccc(OCC)c(-c4nn5c(CCC)nc(C)c5c(=O)[nH]4)n3)C2=S)cc1C. The van der Waals surface area contributed by atoms with Gasteiger partial charge in [-0.2, -0.15) is 0 Å². The van der Waals surface area contributed by atoms with Gasteiger partial charge in [-0.15, -0.1) is 5.10 Å². The maximum absolute atomic E-state index is 14.0. The van der Waals surface area contributed by atoms with E-state index in [1.54, 1.807) is 40.6 Å². The van der Waals surface area contributed by atoms with Crippen LogP contribution in [0.4, 0.5) is 17.2 Å². The number of nitrogens with zero attached hydrogens (tertiary/aromatic N) is 7. The number of hydrogen-bond acceptors (Lipinski definition) is 7. The van der Waals surface area contributed by atoms with E-state index >= 15 is 0 Å². The quantitative estimate of drug-likeness (QED) is 0.238. The molecule has 0 atom stereocenters. The lowest BCUT2D eigenvalue weighted by Crippen LogP contribution is -2.55. The first-order valence-corrected chi connectivity index (χ1v) is 14.4. The Balaban J connectivity index is 1.49. The molecule has 1 aromatic carbocycles. The predicted molar refractivity (Wildman–Crippen MR) is 163 cm³/mol. The van der Waals surface area contributed by atoms with E-state index in [0.717, 1.165) is 18.4 Å². The van der Waals surface area contributed by atoms with Gasteiger partial charge in [0.05, 0.1) is 18.9 Å². The van der Waals surface area contributed by atoms with Crippen LogP contribution >= 0.6 is 12.2 Å². The van der Waals surface area contributed by atoms with Crippen molar-refractivity contribution in [2.75, 3.05) is 16.4 Å². The van der Waals surface area contributed by atoms with E-state index in [2.05, 4.69) is 14.8 Å². The molecule has 1 aliphatic carbocycles. The van der Waals surface area contributed by atoms with Gasteiger partial charge in [0.2, 0.25) is 0 Å². The van der Waals surface area contributed by atoms with Crippen molar-refractivity contribution in [2.45, 2.75) is 65.3 Å². The topological polar surface area (TPSA) is 113 Å². The Hall–Kier alpha value is -4.63. The number of aromatic nitrogens is 5. The van der Waals surface area contributed by atoms with Crippen molar-refractivity contribution in [3.05, 3.63) is 69.2 Å². The van der Waals surface area contributed by atoms with Crippen LogP contribution in [-0.4, -0.2) is 47.7 Å². The highest BCUT2D eigenvalue weighted by Crippen LogP contribution is 2.48. The van der Waals surface area contributed by atoms with Crippen molar-refractivity contribution in [2.24, 2.45) is 0 Å². The molecule has 1 saturated carbocycles. The second kappa shape index (κ2) is 10.3. The van der Waals surface area contributed by atoms with Gasteiger partial charge in [0.25, 0.3) is 11.5 Å². The third kappa shape index (κ3) is 4.07. The number of aromatic amines is 1. The lowest BCUT2D eigenvalue weighted by Gasteiger charge is -2.42. The molecule has 11 nitrogen and oxygen atoms in total. The van der Waals surface area contributed by atoms with Crippen molar-refractivity contribution in [1.82, 2.24) is 24.6 Å². The predicted octanol–water partition coefficient (Wildman–Crippen LogP) is 5.06. The van der Waals surface area contributed by atoms with E-state index in [4.69, 9.17) is 33.6 Å². The van der Waals surface area contributed by atoms with Crippen LogP contribution in [0.3, 0.4) is 0 Å². The minimum atomic E-state index is -0.860. The van der Waals surface area contributed by atoms with Crippen LogP contribution in [0.15, 0.2) is 35.1 Å². The van der Waals surface area contributed by atoms with Gasteiger partial charge in [0, 0.05) is 12.1 Å². The van der Waals surface area contributed by atoms with Crippen molar-refractivity contribution < 1.29 is 9.53 Å². The molecule has 1 saturated heterocycles. The van der Waals surface area contributed by atoms with Gasteiger partial charge >= 0.3 is 0 Å². The number of ether oxygens (including phenoxy) is 1. The molecule has 4 aromatic rings. The van der Waals surface area contributed by atoms with Crippen LogP contribution < -0.4 is 20.1 Å². The number of imidazole rings is 1. The molecule has 42 heavy (non-hydrogen) atoms. The second-order valence-electron chi connectivity index (χ2n) is 10.6. The molecule has 214 valence electrons. The van der Waals surface area contributed by atoms with Gasteiger partial charge in [-0.05, 0) is 88.5 Å². The molecular weight excluding hydrogens is 552 g/mol. The molecule has 12 heteroatoms. The van der Waals surface area contributed by atoms with Crippen LogP contribution in [0.2, 0.25) is 0 Å². The largest absolute Gasteiger partial charge is 0.491 e. The summed E-state index contributed by atoms with van der Waals surface area (Å²) in [5, 5.41) is 5.06. The average Bonchev–Trinajstić information content (AvgIpc) is 3.39. The number of amides is 1. The smallest absolute Gasteiger partial charge is 0.277 e. The zero-order valence-electron chi connectivity index (χ0n) is 23.9. The number of carbonyl (C=O) groups is 1. The van der Waals surface area contributed by atoms with Gasteiger partial charge in [-0.3, -0.25) is 19.4 Å². The van der Waals surface area contributed by atoms with Crippen LogP contribution in [0.5, 0.6) is 5.75 Å². The van der Waals surface area contributed by atoms with Crippen LogP contribution in [0.25, 0.3) is 21.9 Å². The number of pyridine rings is 1. The van der Waals surface area contributed by atoms with Gasteiger partial charge in [0.1, 0.15) is 22.9 Å². The standard InChI is InChI=1S/C30H30N8O3S/c1-6-9-23-32-18(4)25-27(39)34-26(35-38(23)25)24-21(41-7-2)12-13-22(33-24)37-29(42)36(28(40)30(37)14-8-15-30)19-10-11-20(31-5)17(3)16-19/h10-13,16H,6-9,14-15H2,1-4H3,(H,34,35,39). The molecule has 1 spiro atoms. The summed E-state index contributed by atoms with van der Waals surface area (Å²) in [5.41, 5.74) is 2.06. The molecule has 0 bridgehead atoms. The third-order valence-electron chi connectivity index (χ3n) is 7.96. The molecule has 1 aliphatic heterocycles. The highest BCUT2D eigenvalue weighted by atomic mass is 32.1. The first-order valence-electron chi connectivity index (χ1n) is 14.0. The maximum Gasteiger partial charge on any atom is 0.277 e. The number of nitrogens with one attached hydrogen (secondary N) is 1. The highest BCUT2D eigenvalue weighted by molar-refractivity contribution is 7.81. The number of carbonyl (C=O) groups excluding carboxylic acids is 1. The molecule has 2 fully saturated rings. The summed E-state index contributed by atoms with van der Waals surface area (Å²) in [5.74, 6) is 1.72. The fraction of sp³-hybridized carbons (Fsp3) is 0.367. The number of aryl methyl sites for hydroxylation is 3. The van der Waals surface area contributed by atoms with E-state index in [1.807, 2.05) is 31.7 Å². The van der Waals surface area contributed by atoms with Crippen LogP contribution in [0.1, 0.15) is 56.6 Å². The van der Waals surface area contributed by atoms with E-state index in [0.29, 0.717) is 76.7 Å². The Morgan fingerprint density at radius 1 is 1.14 bits per heavy atom. The molecule has 0 unspecified atom stereocenters. The summed E-state index contributed by atoms with van der Waals surface area (Å²) in [4.78, 5) is 46.5. The molecule has 1 N–H and O–H groups in total. The molecule has 4 heterocycles. The fourth-order valence-corrected chi connectivity index (χ4v) is 6.26. The minimum absolute atomic E-state index is 0.114. The van der Waals surface area contributed by atoms with Gasteiger partial charge in [-0.25, -0.2) is 19.3 Å². The zero-order chi connectivity index (χ0) is 29.8. The minimum Gasteiger partial charge on any atom is -0.491 e. The summed E-state index contributed by atoms with van der Waals surface area (Å²) in [6, 6.07) is 8.83.